The number of rotatable bonds is 5. The van der Waals surface area contributed by atoms with Gasteiger partial charge < -0.3 is 24.6 Å². The maximum absolute atomic E-state index is 10.8. The van der Waals surface area contributed by atoms with Crippen LogP contribution in [0.3, 0.4) is 0 Å². The van der Waals surface area contributed by atoms with Crippen molar-refractivity contribution >= 4 is 0 Å². The summed E-state index contributed by atoms with van der Waals surface area (Å²) in [5, 5.41) is 21.6. The van der Waals surface area contributed by atoms with Gasteiger partial charge >= 0.3 is 0 Å². The van der Waals surface area contributed by atoms with Crippen molar-refractivity contribution in [3.63, 3.8) is 0 Å². The molecule has 2 heterocycles. The predicted octanol–water partition coefficient (Wildman–Crippen LogP) is 4.75. The molecular formula is C28H31NO4. The number of hydrogen-bond acceptors (Lipinski definition) is 5. The van der Waals surface area contributed by atoms with Crippen LogP contribution in [0.4, 0.5) is 0 Å². The standard InChI is InChI=1S/C28H31NO4/c1-32-23-11-12-24-25(30)18-28(33-27(24)17-23)13-15-29(16-14-28)19-26(31)22-9-7-21(8-10-22)20-5-3-2-4-6-20/h2-12,17,25-26,30-31H,13-16,18-19H2,1H3/t25-,26-/m0/s1. The van der Waals surface area contributed by atoms with Crippen LogP contribution >= 0.6 is 0 Å². The first-order chi connectivity index (χ1) is 16.0. The molecule has 0 amide bonds. The van der Waals surface area contributed by atoms with Crippen LogP contribution in [0.2, 0.25) is 0 Å². The maximum Gasteiger partial charge on any atom is 0.129 e. The maximum atomic E-state index is 10.8. The highest BCUT2D eigenvalue weighted by Gasteiger charge is 2.43. The fourth-order valence-electron chi connectivity index (χ4n) is 5.07. The van der Waals surface area contributed by atoms with Gasteiger partial charge in [0.05, 0.1) is 19.3 Å². The number of aliphatic hydroxyl groups excluding tert-OH is 2. The Labute approximate surface area is 195 Å². The average Bonchev–Trinajstić information content (AvgIpc) is 2.86. The molecule has 5 nitrogen and oxygen atoms in total. The highest BCUT2D eigenvalue weighted by atomic mass is 16.5. The molecule has 1 fully saturated rings. The third-order valence-electron chi connectivity index (χ3n) is 7.07. The van der Waals surface area contributed by atoms with Crippen LogP contribution in [0.1, 0.15) is 42.6 Å². The van der Waals surface area contributed by atoms with Crippen molar-refractivity contribution < 1.29 is 19.7 Å². The molecule has 33 heavy (non-hydrogen) atoms. The summed E-state index contributed by atoms with van der Waals surface area (Å²) in [6, 6.07) is 24.1. The molecule has 2 atom stereocenters. The van der Waals surface area contributed by atoms with E-state index in [1.54, 1.807) is 7.11 Å². The number of hydrogen-bond donors (Lipinski definition) is 2. The van der Waals surface area contributed by atoms with Crippen LogP contribution in [0.5, 0.6) is 11.5 Å². The largest absolute Gasteiger partial charge is 0.497 e. The second kappa shape index (κ2) is 9.18. The van der Waals surface area contributed by atoms with E-state index >= 15 is 0 Å². The Hall–Kier alpha value is -2.86. The van der Waals surface area contributed by atoms with Crippen molar-refractivity contribution in [3.8, 4) is 22.6 Å². The summed E-state index contributed by atoms with van der Waals surface area (Å²) in [5.74, 6) is 1.46. The summed E-state index contributed by atoms with van der Waals surface area (Å²) in [7, 11) is 1.63. The molecule has 0 unspecified atom stereocenters. The minimum absolute atomic E-state index is 0.364. The first-order valence-corrected chi connectivity index (χ1v) is 11.7. The lowest BCUT2D eigenvalue weighted by molar-refractivity contribution is -0.0588. The fourth-order valence-corrected chi connectivity index (χ4v) is 5.07. The van der Waals surface area contributed by atoms with Gasteiger partial charge in [-0.25, -0.2) is 0 Å². The zero-order valence-corrected chi connectivity index (χ0v) is 19.0. The van der Waals surface area contributed by atoms with Gasteiger partial charge in [0.1, 0.15) is 17.1 Å². The molecule has 1 spiro atoms. The van der Waals surface area contributed by atoms with Gasteiger partial charge in [-0.3, -0.25) is 0 Å². The first-order valence-electron chi connectivity index (χ1n) is 11.7. The van der Waals surface area contributed by atoms with Gasteiger partial charge in [0.25, 0.3) is 0 Å². The van der Waals surface area contributed by atoms with Crippen molar-refractivity contribution in [1.82, 2.24) is 4.90 Å². The zero-order valence-electron chi connectivity index (χ0n) is 19.0. The quantitative estimate of drug-likeness (QED) is 0.594. The van der Waals surface area contributed by atoms with E-state index in [1.807, 2.05) is 48.5 Å². The molecule has 1 saturated heterocycles. The summed E-state index contributed by atoms with van der Waals surface area (Å²) in [4.78, 5) is 2.29. The van der Waals surface area contributed by atoms with E-state index in [-0.39, 0.29) is 5.60 Å². The third kappa shape index (κ3) is 4.62. The van der Waals surface area contributed by atoms with Crippen molar-refractivity contribution in [2.24, 2.45) is 0 Å². The number of aliphatic hydroxyl groups is 2. The van der Waals surface area contributed by atoms with Gasteiger partial charge in [0.2, 0.25) is 0 Å². The number of piperidine rings is 1. The number of β-amino-alcohol motifs (C(OH)–C–C–N with tert-alkyl or cyclic N) is 1. The Bertz CT molecular complexity index is 1070. The summed E-state index contributed by atoms with van der Waals surface area (Å²) in [6.45, 7) is 2.24. The Balaban J connectivity index is 1.20. The molecule has 3 aromatic rings. The van der Waals surface area contributed by atoms with Gasteiger partial charge in [-0.2, -0.15) is 0 Å². The molecule has 2 aliphatic heterocycles. The monoisotopic (exact) mass is 445 g/mol. The number of fused-ring (bicyclic) bond motifs is 1. The average molecular weight is 446 g/mol. The summed E-state index contributed by atoms with van der Waals surface area (Å²) in [5.41, 5.74) is 3.72. The van der Waals surface area contributed by atoms with Gasteiger partial charge in [-0.15, -0.1) is 0 Å². The molecule has 5 rings (SSSR count). The van der Waals surface area contributed by atoms with E-state index in [0.717, 1.165) is 54.1 Å². The molecule has 0 saturated carbocycles. The zero-order chi connectivity index (χ0) is 22.8. The van der Waals surface area contributed by atoms with E-state index in [9.17, 15) is 10.2 Å². The minimum atomic E-state index is -0.535. The molecule has 172 valence electrons. The van der Waals surface area contributed by atoms with E-state index in [0.29, 0.717) is 13.0 Å². The topological polar surface area (TPSA) is 62.2 Å². The second-order valence-electron chi connectivity index (χ2n) is 9.21. The molecule has 2 N–H and O–H groups in total. The number of methoxy groups -OCH3 is 1. The number of likely N-dealkylation sites (tertiary alicyclic amines) is 1. The molecule has 0 bridgehead atoms. The molecule has 0 aromatic heterocycles. The normalized spacial score (nSPS) is 20.6. The van der Waals surface area contributed by atoms with Crippen LogP contribution in [0, 0.1) is 0 Å². The number of benzene rings is 3. The van der Waals surface area contributed by atoms with E-state index in [4.69, 9.17) is 9.47 Å². The molecule has 2 aliphatic rings. The Kier molecular flexibility index (Phi) is 6.11. The smallest absolute Gasteiger partial charge is 0.129 e. The van der Waals surface area contributed by atoms with Gasteiger partial charge in [0.15, 0.2) is 0 Å². The van der Waals surface area contributed by atoms with Crippen LogP contribution < -0.4 is 9.47 Å². The second-order valence-corrected chi connectivity index (χ2v) is 9.21. The highest BCUT2D eigenvalue weighted by Crippen LogP contribution is 2.45. The Morgan fingerprint density at radius 1 is 1.00 bits per heavy atom. The summed E-state index contributed by atoms with van der Waals surface area (Å²) < 4.78 is 11.8. The van der Waals surface area contributed by atoms with Crippen molar-refractivity contribution in [2.45, 2.75) is 37.1 Å². The number of ether oxygens (including phenoxy) is 2. The van der Waals surface area contributed by atoms with Crippen LogP contribution in [-0.2, 0) is 0 Å². The van der Waals surface area contributed by atoms with Gasteiger partial charge in [0, 0.05) is 37.7 Å². The van der Waals surface area contributed by atoms with Gasteiger partial charge in [-0.1, -0.05) is 54.6 Å². The van der Waals surface area contributed by atoms with Crippen LogP contribution in [-0.4, -0.2) is 47.5 Å². The summed E-state index contributed by atoms with van der Waals surface area (Å²) in [6.07, 6.45) is 1.18. The first kappa shape index (κ1) is 22.0. The lowest BCUT2D eigenvalue weighted by Crippen LogP contribution is -2.51. The fraction of sp³-hybridized carbons (Fsp3) is 0.357. The van der Waals surface area contributed by atoms with E-state index in [2.05, 4.69) is 29.2 Å². The summed E-state index contributed by atoms with van der Waals surface area (Å²) >= 11 is 0. The molecule has 0 radical (unpaired) electrons. The molecular weight excluding hydrogens is 414 g/mol. The van der Waals surface area contributed by atoms with Crippen LogP contribution in [0.15, 0.2) is 72.8 Å². The van der Waals surface area contributed by atoms with Crippen LogP contribution in [0.25, 0.3) is 11.1 Å². The van der Waals surface area contributed by atoms with Gasteiger partial charge in [-0.05, 0) is 41.7 Å². The highest BCUT2D eigenvalue weighted by molar-refractivity contribution is 5.63. The minimum Gasteiger partial charge on any atom is -0.497 e. The SMILES string of the molecule is COc1ccc2c(c1)OC1(CCN(C[C@H](O)c3ccc(-c4ccccc4)cc3)CC1)C[C@@H]2O. The lowest BCUT2D eigenvalue weighted by atomic mass is 9.81. The predicted molar refractivity (Wildman–Crippen MR) is 128 cm³/mol. The molecule has 5 heteroatoms. The molecule has 3 aromatic carbocycles. The lowest BCUT2D eigenvalue weighted by Gasteiger charge is -2.46. The van der Waals surface area contributed by atoms with E-state index < -0.39 is 12.2 Å². The van der Waals surface area contributed by atoms with Crippen molar-refractivity contribution in [2.75, 3.05) is 26.7 Å². The Morgan fingerprint density at radius 3 is 2.39 bits per heavy atom. The number of nitrogens with zero attached hydrogens (tertiary/aromatic N) is 1. The Morgan fingerprint density at radius 2 is 1.70 bits per heavy atom. The third-order valence-corrected chi connectivity index (χ3v) is 7.07. The molecule has 0 aliphatic carbocycles. The van der Waals surface area contributed by atoms with E-state index in [1.165, 1.54) is 5.56 Å². The van der Waals surface area contributed by atoms with Crippen molar-refractivity contribution in [3.05, 3.63) is 83.9 Å². The van der Waals surface area contributed by atoms with Crippen molar-refractivity contribution in [1.29, 1.82) is 0 Å².